The van der Waals surface area contributed by atoms with E-state index >= 15 is 0 Å². The average molecular weight is 552 g/mol. The Morgan fingerprint density at radius 1 is 1.05 bits per heavy atom. The van der Waals surface area contributed by atoms with Crippen LogP contribution in [0.3, 0.4) is 0 Å². The normalized spacial score (nSPS) is 11.1. The molecule has 3 aromatic rings. The number of pyridine rings is 1. The fourth-order valence-corrected chi connectivity index (χ4v) is 3.49. The number of hydrazine groups is 1. The molecule has 3 rings (SSSR count). The number of halogens is 5. The molecule has 0 spiro atoms. The van der Waals surface area contributed by atoms with Gasteiger partial charge in [-0.05, 0) is 36.2 Å². The Kier molecular flexibility index (Phi) is 8.68. The summed E-state index contributed by atoms with van der Waals surface area (Å²) in [6.07, 6.45) is -4.01. The number of nitrogens with one attached hydrogen (secondary N) is 2. The highest BCUT2D eigenvalue weighted by Gasteiger charge is 2.34. The monoisotopic (exact) mass is 552 g/mol. The lowest BCUT2D eigenvalue weighted by Gasteiger charge is -2.22. The Morgan fingerprint density at radius 2 is 1.77 bits per heavy atom. The maximum absolute atomic E-state index is 14.8. The molecule has 2 aromatic carbocycles. The van der Waals surface area contributed by atoms with Gasteiger partial charge in [0.05, 0.1) is 7.11 Å². The molecule has 0 saturated heterocycles. The summed E-state index contributed by atoms with van der Waals surface area (Å²) in [5.74, 6) is -3.76. The summed E-state index contributed by atoms with van der Waals surface area (Å²) in [6, 6.07) is 7.07. The summed E-state index contributed by atoms with van der Waals surface area (Å²) >= 11 is 0. The zero-order chi connectivity index (χ0) is 28.9. The van der Waals surface area contributed by atoms with Crippen LogP contribution in [-0.4, -0.2) is 36.6 Å². The summed E-state index contributed by atoms with van der Waals surface area (Å²) in [5.41, 5.74) is -0.0324. The van der Waals surface area contributed by atoms with Gasteiger partial charge >= 0.3 is 18.2 Å². The van der Waals surface area contributed by atoms with Crippen molar-refractivity contribution in [2.75, 3.05) is 13.7 Å². The number of ether oxygens (including phenoxy) is 1. The lowest BCUT2D eigenvalue weighted by atomic mass is 9.98. The van der Waals surface area contributed by atoms with Crippen LogP contribution in [-0.2, 0) is 17.5 Å². The lowest BCUT2D eigenvalue weighted by molar-refractivity contribution is -0.606. The number of alkyl halides is 3. The second-order valence-corrected chi connectivity index (χ2v) is 7.97. The maximum Gasteiger partial charge on any atom is 0.422 e. The molecule has 39 heavy (non-hydrogen) atoms. The van der Waals surface area contributed by atoms with Crippen LogP contribution in [0, 0.1) is 16.8 Å². The zero-order valence-electron chi connectivity index (χ0n) is 20.4. The minimum atomic E-state index is -4.88. The molecule has 0 atom stereocenters. The average Bonchev–Trinajstić information content (AvgIpc) is 2.89. The van der Waals surface area contributed by atoms with Gasteiger partial charge in [-0.3, -0.25) is 10.2 Å². The van der Waals surface area contributed by atoms with Crippen molar-refractivity contribution in [3.63, 3.8) is 0 Å². The Hall–Kier alpha value is -4.75. The fourth-order valence-electron chi connectivity index (χ4n) is 3.49. The molecule has 1 heterocycles. The van der Waals surface area contributed by atoms with Gasteiger partial charge in [-0.1, -0.05) is 24.3 Å². The molecule has 0 unspecified atom stereocenters. The van der Waals surface area contributed by atoms with E-state index in [2.05, 4.69) is 15.5 Å². The molecule has 2 N–H and O–H groups in total. The highest BCUT2D eigenvalue weighted by Crippen LogP contribution is 2.29. The first-order valence-corrected chi connectivity index (χ1v) is 11.2. The highest BCUT2D eigenvalue weighted by molar-refractivity contribution is 5.97. The van der Waals surface area contributed by atoms with Crippen LogP contribution < -0.4 is 15.5 Å². The van der Waals surface area contributed by atoms with Crippen LogP contribution in [0.25, 0.3) is 11.1 Å². The number of esters is 1. The molecule has 14 heteroatoms. The van der Waals surface area contributed by atoms with Crippen LogP contribution in [0.5, 0.6) is 0 Å². The summed E-state index contributed by atoms with van der Waals surface area (Å²) in [7, 11) is 1.08. The first kappa shape index (κ1) is 28.8. The van der Waals surface area contributed by atoms with Crippen molar-refractivity contribution in [2.45, 2.75) is 19.6 Å². The Morgan fingerprint density at radius 3 is 2.38 bits per heavy atom. The van der Waals surface area contributed by atoms with Crippen molar-refractivity contribution in [1.29, 1.82) is 0 Å². The van der Waals surface area contributed by atoms with E-state index in [1.165, 1.54) is 31.2 Å². The number of methoxy groups -OCH3 is 1. The number of urea groups is 1. The van der Waals surface area contributed by atoms with Crippen molar-refractivity contribution < 1.29 is 45.8 Å². The summed E-state index contributed by atoms with van der Waals surface area (Å²) < 4.78 is 72.3. The van der Waals surface area contributed by atoms with E-state index in [1.807, 2.05) is 0 Å². The Labute approximate surface area is 218 Å². The van der Waals surface area contributed by atoms with E-state index in [4.69, 9.17) is 0 Å². The highest BCUT2D eigenvalue weighted by atomic mass is 19.4. The van der Waals surface area contributed by atoms with Gasteiger partial charge in [-0.25, -0.2) is 23.4 Å². The standard InChI is InChI=1S/C25H21F5N4O5/c1-3-34(32-22(35)16-9-17(25(28,29)30)13-33(38)12-16)24(37)31-11-15-8-7-14(10-20(15)27)18-5-4-6-19(26)21(18)23(36)39-2/h4-10,12-13H,3,11H2,1-2H3,(H,31,37)(H,32,35). The van der Waals surface area contributed by atoms with Crippen molar-refractivity contribution in [1.82, 2.24) is 15.8 Å². The van der Waals surface area contributed by atoms with Crippen LogP contribution >= 0.6 is 0 Å². The fraction of sp³-hybridized carbons (Fsp3) is 0.200. The van der Waals surface area contributed by atoms with Gasteiger partial charge in [0, 0.05) is 18.7 Å². The molecular formula is C25H21F5N4O5. The van der Waals surface area contributed by atoms with Gasteiger partial charge in [-0.15, -0.1) is 0 Å². The third-order valence-corrected chi connectivity index (χ3v) is 5.43. The quantitative estimate of drug-likeness (QED) is 0.158. The lowest BCUT2D eigenvalue weighted by Crippen LogP contribution is -2.50. The topological polar surface area (TPSA) is 115 Å². The summed E-state index contributed by atoms with van der Waals surface area (Å²) in [4.78, 5) is 36.9. The van der Waals surface area contributed by atoms with Gasteiger partial charge in [0.2, 0.25) is 0 Å². The molecule has 0 aliphatic heterocycles. The van der Waals surface area contributed by atoms with E-state index < -0.39 is 46.8 Å². The van der Waals surface area contributed by atoms with Crippen LogP contribution in [0.2, 0.25) is 0 Å². The van der Waals surface area contributed by atoms with Crippen LogP contribution in [0.1, 0.15) is 38.8 Å². The minimum absolute atomic E-state index is 0.00391. The Bertz CT molecular complexity index is 1410. The first-order valence-electron chi connectivity index (χ1n) is 11.2. The van der Waals surface area contributed by atoms with Crippen LogP contribution in [0.15, 0.2) is 54.9 Å². The van der Waals surface area contributed by atoms with Gasteiger partial charge < -0.3 is 15.3 Å². The van der Waals surface area contributed by atoms with E-state index in [0.717, 1.165) is 24.3 Å². The molecular weight excluding hydrogens is 531 g/mol. The molecule has 9 nitrogen and oxygen atoms in total. The van der Waals surface area contributed by atoms with Gasteiger partial charge in [0.15, 0.2) is 12.4 Å². The van der Waals surface area contributed by atoms with E-state index in [0.29, 0.717) is 12.3 Å². The van der Waals surface area contributed by atoms with Crippen molar-refractivity contribution in [2.24, 2.45) is 0 Å². The van der Waals surface area contributed by atoms with Crippen molar-refractivity contribution in [3.05, 3.63) is 94.0 Å². The number of amides is 3. The number of carbonyl (C=O) groups is 3. The molecule has 206 valence electrons. The number of carbonyl (C=O) groups excluding carboxylic acids is 3. The molecule has 0 bridgehead atoms. The number of hydrogen-bond acceptors (Lipinski definition) is 5. The molecule has 0 saturated carbocycles. The van der Waals surface area contributed by atoms with Gasteiger partial charge in [0.1, 0.15) is 28.3 Å². The van der Waals surface area contributed by atoms with Crippen LogP contribution in [0.4, 0.5) is 26.7 Å². The summed E-state index contributed by atoms with van der Waals surface area (Å²) in [5, 5.41) is 14.6. The molecule has 1 aromatic heterocycles. The number of benzene rings is 2. The molecule has 0 aliphatic carbocycles. The van der Waals surface area contributed by atoms with Crippen molar-refractivity contribution >= 4 is 17.9 Å². The predicted molar refractivity (Wildman–Crippen MR) is 126 cm³/mol. The van der Waals surface area contributed by atoms with Gasteiger partial charge in [-0.2, -0.15) is 17.9 Å². The molecule has 3 amide bonds. The molecule has 0 fully saturated rings. The second kappa shape index (κ2) is 11.8. The van der Waals surface area contributed by atoms with E-state index in [-0.39, 0.29) is 46.3 Å². The molecule has 0 aliphatic rings. The number of aromatic nitrogens is 1. The van der Waals surface area contributed by atoms with E-state index in [1.54, 1.807) is 0 Å². The number of hydrogen-bond donors (Lipinski definition) is 2. The smallest absolute Gasteiger partial charge is 0.422 e. The largest absolute Gasteiger partial charge is 0.619 e. The maximum atomic E-state index is 14.8. The predicted octanol–water partition coefficient (Wildman–Crippen LogP) is 3.95. The SMILES string of the molecule is CCN(NC(=O)c1cc(C(F)(F)F)c[n+]([O-])c1)C(=O)NCc1ccc(-c2cccc(F)c2C(=O)OC)cc1F. The zero-order valence-corrected chi connectivity index (χ0v) is 20.4. The van der Waals surface area contributed by atoms with Crippen molar-refractivity contribution in [3.8, 4) is 11.1 Å². The second-order valence-electron chi connectivity index (χ2n) is 7.97. The first-order chi connectivity index (χ1) is 18.3. The molecule has 0 radical (unpaired) electrons. The number of rotatable bonds is 6. The Balaban J connectivity index is 1.72. The van der Waals surface area contributed by atoms with Gasteiger partial charge in [0.25, 0.3) is 5.91 Å². The summed E-state index contributed by atoms with van der Waals surface area (Å²) in [6.45, 7) is 0.951. The third-order valence-electron chi connectivity index (χ3n) is 5.43. The van der Waals surface area contributed by atoms with E-state index in [9.17, 15) is 41.5 Å². The number of nitrogens with zero attached hydrogens (tertiary/aromatic N) is 2. The minimum Gasteiger partial charge on any atom is -0.619 e. The third kappa shape index (κ3) is 6.77.